The highest BCUT2D eigenvalue weighted by Crippen LogP contribution is 2.26. The van der Waals surface area contributed by atoms with Crippen molar-refractivity contribution in [2.45, 2.75) is 0 Å². The fraction of sp³-hybridized carbons (Fsp3) is 0. The van der Waals surface area contributed by atoms with E-state index in [1.54, 1.807) is 30.3 Å². The molecule has 0 aliphatic heterocycles. The normalized spacial score (nSPS) is 11.1. The Morgan fingerprint density at radius 3 is 2.30 bits per heavy atom. The van der Waals surface area contributed by atoms with Crippen molar-refractivity contribution in [3.8, 4) is 0 Å². The van der Waals surface area contributed by atoms with Crippen LogP contribution in [-0.4, -0.2) is 16.0 Å². The molecule has 2 aromatic carbocycles. The molecule has 1 N–H and O–H groups in total. The maximum atomic E-state index is 11.0. The molecule has 0 spiro atoms. The van der Waals surface area contributed by atoms with Gasteiger partial charge in [-0.25, -0.2) is 4.79 Å². The fourth-order valence-corrected chi connectivity index (χ4v) is 1.86. The minimum absolute atomic E-state index is 0.0743. The Balaban J connectivity index is 2.56. The van der Waals surface area contributed by atoms with E-state index in [1.165, 1.54) is 18.2 Å². The maximum absolute atomic E-state index is 11.0. The van der Waals surface area contributed by atoms with Gasteiger partial charge in [0.1, 0.15) is 0 Å². The van der Waals surface area contributed by atoms with E-state index in [0.717, 1.165) is 6.08 Å². The van der Waals surface area contributed by atoms with Crippen molar-refractivity contribution in [3.63, 3.8) is 0 Å². The fourth-order valence-electron chi connectivity index (χ4n) is 1.86. The molecule has 0 bridgehead atoms. The molecule has 2 aromatic rings. The number of hydrogen-bond acceptors (Lipinski definition) is 3. The van der Waals surface area contributed by atoms with Crippen molar-refractivity contribution in [2.75, 3.05) is 0 Å². The zero-order valence-corrected chi connectivity index (χ0v) is 10.4. The van der Waals surface area contributed by atoms with Crippen LogP contribution < -0.4 is 0 Å². The van der Waals surface area contributed by atoms with Crippen molar-refractivity contribution < 1.29 is 14.8 Å². The summed E-state index contributed by atoms with van der Waals surface area (Å²) in [6.45, 7) is 0. The lowest BCUT2D eigenvalue weighted by molar-refractivity contribution is -0.384. The summed E-state index contributed by atoms with van der Waals surface area (Å²) < 4.78 is 0. The number of carbonyl (C=O) groups is 1. The molecule has 0 aliphatic carbocycles. The highest BCUT2D eigenvalue weighted by molar-refractivity contribution is 5.95. The molecule has 2 rings (SSSR count). The summed E-state index contributed by atoms with van der Waals surface area (Å²) in [4.78, 5) is 21.3. The van der Waals surface area contributed by atoms with Gasteiger partial charge >= 0.3 is 5.97 Å². The van der Waals surface area contributed by atoms with Crippen LogP contribution in [-0.2, 0) is 4.79 Å². The second kappa shape index (κ2) is 5.79. The Labute approximate surface area is 115 Å². The molecule has 0 saturated carbocycles. The number of non-ortho nitro benzene ring substituents is 1. The van der Waals surface area contributed by atoms with Gasteiger partial charge in [0.05, 0.1) is 4.92 Å². The van der Waals surface area contributed by atoms with Crippen LogP contribution in [0.25, 0.3) is 5.57 Å². The summed E-state index contributed by atoms with van der Waals surface area (Å²) in [6, 6.07) is 14.8. The van der Waals surface area contributed by atoms with Crippen molar-refractivity contribution in [1.82, 2.24) is 0 Å². The quantitative estimate of drug-likeness (QED) is 0.525. The van der Waals surface area contributed by atoms with E-state index in [2.05, 4.69) is 0 Å². The predicted molar refractivity (Wildman–Crippen MR) is 74.3 cm³/mol. The lowest BCUT2D eigenvalue weighted by Crippen LogP contribution is -1.96. The van der Waals surface area contributed by atoms with Crippen molar-refractivity contribution >= 4 is 17.2 Å². The van der Waals surface area contributed by atoms with Gasteiger partial charge in [0.25, 0.3) is 5.69 Å². The summed E-state index contributed by atoms with van der Waals surface area (Å²) in [7, 11) is 0. The van der Waals surface area contributed by atoms with Crippen LogP contribution in [0.4, 0.5) is 5.69 Å². The third-order valence-electron chi connectivity index (χ3n) is 2.72. The van der Waals surface area contributed by atoms with Crippen molar-refractivity contribution in [2.24, 2.45) is 0 Å². The van der Waals surface area contributed by atoms with Crippen LogP contribution >= 0.6 is 0 Å². The molecule has 0 fully saturated rings. The Hall–Kier alpha value is -2.95. The summed E-state index contributed by atoms with van der Waals surface area (Å²) in [5, 5.41) is 19.8. The van der Waals surface area contributed by atoms with Gasteiger partial charge in [0, 0.05) is 18.2 Å². The number of nitrogens with zero attached hydrogens (tertiary/aromatic N) is 1. The second-order valence-corrected chi connectivity index (χ2v) is 4.07. The minimum Gasteiger partial charge on any atom is -0.478 e. The maximum Gasteiger partial charge on any atom is 0.328 e. The number of carboxylic acid groups (broad SMARTS) is 1. The predicted octanol–water partition coefficient (Wildman–Crippen LogP) is 3.11. The molecule has 100 valence electrons. The number of rotatable bonds is 4. The molecule has 0 atom stereocenters. The number of aliphatic carboxylic acids is 1. The average Bonchev–Trinajstić information content (AvgIpc) is 2.45. The van der Waals surface area contributed by atoms with E-state index >= 15 is 0 Å². The first-order valence-electron chi connectivity index (χ1n) is 5.83. The van der Waals surface area contributed by atoms with E-state index in [-0.39, 0.29) is 5.69 Å². The number of nitro groups is 1. The first kappa shape index (κ1) is 13.5. The van der Waals surface area contributed by atoms with Gasteiger partial charge in [-0.05, 0) is 16.7 Å². The molecule has 0 unspecified atom stereocenters. The Bertz CT molecular complexity index is 677. The van der Waals surface area contributed by atoms with E-state index in [1.807, 2.05) is 6.07 Å². The lowest BCUT2D eigenvalue weighted by Gasteiger charge is -2.07. The molecular formula is C15H11NO4. The Kier molecular flexibility index (Phi) is 3.91. The monoisotopic (exact) mass is 269 g/mol. The van der Waals surface area contributed by atoms with E-state index < -0.39 is 10.9 Å². The van der Waals surface area contributed by atoms with Gasteiger partial charge in [-0.2, -0.15) is 0 Å². The summed E-state index contributed by atoms with van der Waals surface area (Å²) >= 11 is 0. The molecule has 0 aliphatic rings. The zero-order chi connectivity index (χ0) is 14.5. The van der Waals surface area contributed by atoms with Crippen LogP contribution in [0.3, 0.4) is 0 Å². The summed E-state index contributed by atoms with van der Waals surface area (Å²) in [5.41, 5.74) is 1.54. The van der Waals surface area contributed by atoms with Gasteiger partial charge in [-0.3, -0.25) is 10.1 Å². The number of nitro benzene ring substituents is 1. The first-order chi connectivity index (χ1) is 9.58. The third kappa shape index (κ3) is 3.08. The van der Waals surface area contributed by atoms with Gasteiger partial charge < -0.3 is 5.11 Å². The molecule has 20 heavy (non-hydrogen) atoms. The van der Waals surface area contributed by atoms with Crippen LogP contribution in [0.15, 0.2) is 60.7 Å². The Morgan fingerprint density at radius 2 is 1.70 bits per heavy atom. The average molecular weight is 269 g/mol. The minimum atomic E-state index is -1.10. The highest BCUT2D eigenvalue weighted by atomic mass is 16.6. The lowest BCUT2D eigenvalue weighted by atomic mass is 9.97. The van der Waals surface area contributed by atoms with Gasteiger partial charge in [0.15, 0.2) is 0 Å². The summed E-state index contributed by atoms with van der Waals surface area (Å²) in [5.74, 6) is -1.10. The number of hydrogen-bond donors (Lipinski definition) is 1. The largest absolute Gasteiger partial charge is 0.478 e. The van der Waals surface area contributed by atoms with E-state index in [9.17, 15) is 14.9 Å². The second-order valence-electron chi connectivity index (χ2n) is 4.07. The van der Waals surface area contributed by atoms with Crippen LogP contribution in [0, 0.1) is 10.1 Å². The van der Waals surface area contributed by atoms with Crippen molar-refractivity contribution in [1.29, 1.82) is 0 Å². The molecule has 0 saturated heterocycles. The topological polar surface area (TPSA) is 80.4 Å². The van der Waals surface area contributed by atoms with Gasteiger partial charge in [0.2, 0.25) is 0 Å². The smallest absolute Gasteiger partial charge is 0.328 e. The molecular weight excluding hydrogens is 258 g/mol. The molecule has 5 heteroatoms. The van der Waals surface area contributed by atoms with Crippen LogP contribution in [0.2, 0.25) is 0 Å². The van der Waals surface area contributed by atoms with Crippen molar-refractivity contribution in [3.05, 3.63) is 81.9 Å². The molecule has 0 heterocycles. The molecule has 5 nitrogen and oxygen atoms in total. The Morgan fingerprint density at radius 1 is 1.05 bits per heavy atom. The molecule has 0 amide bonds. The van der Waals surface area contributed by atoms with Gasteiger partial charge in [-0.1, -0.05) is 42.5 Å². The first-order valence-corrected chi connectivity index (χ1v) is 5.83. The SMILES string of the molecule is O=C(O)/C=C(\c1ccccc1)c1cccc([N+](=O)[O-])c1. The molecule has 0 aromatic heterocycles. The van der Waals surface area contributed by atoms with Crippen LogP contribution in [0.1, 0.15) is 11.1 Å². The standard InChI is InChI=1S/C15H11NO4/c17-15(18)10-14(11-5-2-1-3-6-11)12-7-4-8-13(9-12)16(19)20/h1-10H,(H,17,18)/b14-10+. The number of carboxylic acids is 1. The molecule has 0 radical (unpaired) electrons. The summed E-state index contributed by atoms with van der Waals surface area (Å²) in [6.07, 6.45) is 1.05. The highest BCUT2D eigenvalue weighted by Gasteiger charge is 2.11. The van der Waals surface area contributed by atoms with Gasteiger partial charge in [-0.15, -0.1) is 0 Å². The van der Waals surface area contributed by atoms with E-state index in [0.29, 0.717) is 16.7 Å². The number of benzene rings is 2. The van der Waals surface area contributed by atoms with E-state index in [4.69, 9.17) is 5.11 Å². The zero-order valence-electron chi connectivity index (χ0n) is 10.4. The third-order valence-corrected chi connectivity index (χ3v) is 2.72. The van der Waals surface area contributed by atoms with Crippen LogP contribution in [0.5, 0.6) is 0 Å².